The van der Waals surface area contributed by atoms with Gasteiger partial charge in [-0.2, -0.15) is 0 Å². The van der Waals surface area contributed by atoms with Gasteiger partial charge in [-0.1, -0.05) is 13.0 Å². The number of nitrogens with one attached hydrogen (secondary N) is 1. The van der Waals surface area contributed by atoms with E-state index in [1.807, 2.05) is 6.92 Å². The molecule has 0 aliphatic rings. The van der Waals surface area contributed by atoms with Crippen molar-refractivity contribution in [2.75, 3.05) is 5.32 Å². The summed E-state index contributed by atoms with van der Waals surface area (Å²) in [5.41, 5.74) is 5.91. The van der Waals surface area contributed by atoms with E-state index in [0.717, 1.165) is 0 Å². The molecule has 0 heterocycles. The van der Waals surface area contributed by atoms with E-state index in [4.69, 9.17) is 5.73 Å². The van der Waals surface area contributed by atoms with Gasteiger partial charge in [-0.15, -0.1) is 0 Å². The van der Waals surface area contributed by atoms with E-state index in [-0.39, 0.29) is 11.7 Å². The molecule has 0 saturated heterocycles. The van der Waals surface area contributed by atoms with Gasteiger partial charge in [0.05, 0.1) is 16.2 Å². The first-order valence-electron chi connectivity index (χ1n) is 4.60. The van der Waals surface area contributed by atoms with Crippen molar-refractivity contribution < 1.29 is 9.90 Å². The highest BCUT2D eigenvalue weighted by molar-refractivity contribution is 9.10. The van der Waals surface area contributed by atoms with E-state index >= 15 is 0 Å². The molecule has 4 N–H and O–H groups in total. The first-order chi connectivity index (χ1) is 7.06. The van der Waals surface area contributed by atoms with Crippen LogP contribution in [0.4, 0.5) is 5.69 Å². The van der Waals surface area contributed by atoms with Crippen LogP contribution in [0.1, 0.15) is 13.3 Å². The van der Waals surface area contributed by atoms with E-state index in [0.29, 0.717) is 16.6 Å². The highest BCUT2D eigenvalue weighted by atomic mass is 79.9. The van der Waals surface area contributed by atoms with Gasteiger partial charge in [0.25, 0.3) is 0 Å². The lowest BCUT2D eigenvalue weighted by atomic mass is 10.2. The number of nitrogens with two attached hydrogens (primary N) is 1. The number of aromatic hydroxyl groups is 1. The van der Waals surface area contributed by atoms with Crippen LogP contribution in [0.15, 0.2) is 22.7 Å². The number of rotatable bonds is 3. The fourth-order valence-corrected chi connectivity index (χ4v) is 1.39. The third kappa shape index (κ3) is 2.94. The maximum absolute atomic E-state index is 11.4. The molecule has 1 amide bonds. The van der Waals surface area contributed by atoms with Gasteiger partial charge in [-0.3, -0.25) is 4.79 Å². The number of amides is 1. The van der Waals surface area contributed by atoms with Crippen molar-refractivity contribution in [1.29, 1.82) is 0 Å². The van der Waals surface area contributed by atoms with Gasteiger partial charge in [0, 0.05) is 0 Å². The van der Waals surface area contributed by atoms with Crippen molar-refractivity contribution >= 4 is 27.5 Å². The Balaban J connectivity index is 2.81. The number of hydrogen-bond donors (Lipinski definition) is 3. The second-order valence-electron chi connectivity index (χ2n) is 3.14. The molecule has 1 aromatic carbocycles. The minimum atomic E-state index is -0.552. The molecule has 82 valence electrons. The molecular weight excluding hydrogens is 260 g/mol. The molecule has 5 heteroatoms. The van der Waals surface area contributed by atoms with Crippen molar-refractivity contribution in [3.8, 4) is 5.75 Å². The van der Waals surface area contributed by atoms with Crippen molar-refractivity contribution in [2.24, 2.45) is 5.73 Å². The largest absolute Gasteiger partial charge is 0.505 e. The van der Waals surface area contributed by atoms with E-state index in [9.17, 15) is 9.90 Å². The molecule has 1 rings (SSSR count). The Morgan fingerprint density at radius 2 is 2.33 bits per heavy atom. The lowest BCUT2D eigenvalue weighted by Crippen LogP contribution is -2.34. The highest BCUT2D eigenvalue weighted by Gasteiger charge is 2.13. The van der Waals surface area contributed by atoms with Crippen molar-refractivity contribution in [3.05, 3.63) is 22.7 Å². The van der Waals surface area contributed by atoms with Crippen LogP contribution in [0.3, 0.4) is 0 Å². The van der Waals surface area contributed by atoms with Gasteiger partial charge in [-0.05, 0) is 34.5 Å². The molecule has 0 spiro atoms. The molecule has 0 aliphatic heterocycles. The standard InChI is InChI=1S/C10H13BrN2O2/c1-2-7(12)10(15)13-8-5-3-4-6(11)9(8)14/h3-5,7,14H,2,12H2,1H3,(H,13,15). The van der Waals surface area contributed by atoms with Gasteiger partial charge in [-0.25, -0.2) is 0 Å². The SMILES string of the molecule is CCC(N)C(=O)Nc1cccc(Br)c1O. The predicted octanol–water partition coefficient (Wildman–Crippen LogP) is 1.83. The number of anilines is 1. The molecular formula is C10H13BrN2O2. The van der Waals surface area contributed by atoms with E-state index in [1.54, 1.807) is 18.2 Å². The van der Waals surface area contributed by atoms with Crippen LogP contribution in [0, 0.1) is 0 Å². The van der Waals surface area contributed by atoms with E-state index in [2.05, 4.69) is 21.2 Å². The van der Waals surface area contributed by atoms with Crippen LogP contribution in [0.2, 0.25) is 0 Å². The number of carbonyl (C=O) groups excluding carboxylic acids is 1. The summed E-state index contributed by atoms with van der Waals surface area (Å²) in [5.74, 6) is -0.292. The van der Waals surface area contributed by atoms with E-state index < -0.39 is 6.04 Å². The summed E-state index contributed by atoms with van der Waals surface area (Å²) in [6.45, 7) is 1.82. The fourth-order valence-electron chi connectivity index (χ4n) is 1.03. The minimum Gasteiger partial charge on any atom is -0.505 e. The Bertz CT molecular complexity index is 368. The zero-order chi connectivity index (χ0) is 11.4. The molecule has 0 aromatic heterocycles. The molecule has 4 nitrogen and oxygen atoms in total. The Kier molecular flexibility index (Phi) is 4.11. The van der Waals surface area contributed by atoms with Gasteiger partial charge >= 0.3 is 0 Å². The second kappa shape index (κ2) is 5.14. The Morgan fingerprint density at radius 3 is 2.93 bits per heavy atom. The van der Waals surface area contributed by atoms with Crippen molar-refractivity contribution in [2.45, 2.75) is 19.4 Å². The van der Waals surface area contributed by atoms with Crippen LogP contribution in [0.5, 0.6) is 5.75 Å². The van der Waals surface area contributed by atoms with Crippen molar-refractivity contribution in [1.82, 2.24) is 0 Å². The summed E-state index contributed by atoms with van der Waals surface area (Å²) in [5, 5.41) is 12.2. The average Bonchev–Trinajstić information content (AvgIpc) is 2.23. The normalized spacial score (nSPS) is 12.2. The smallest absolute Gasteiger partial charge is 0.241 e. The Morgan fingerprint density at radius 1 is 1.67 bits per heavy atom. The predicted molar refractivity (Wildman–Crippen MR) is 62.7 cm³/mol. The summed E-state index contributed by atoms with van der Waals surface area (Å²) in [6.07, 6.45) is 0.556. The summed E-state index contributed by atoms with van der Waals surface area (Å²) in [6, 6.07) is 4.46. The van der Waals surface area contributed by atoms with Crippen LogP contribution in [-0.4, -0.2) is 17.1 Å². The summed E-state index contributed by atoms with van der Waals surface area (Å²) in [4.78, 5) is 11.4. The third-order valence-corrected chi connectivity index (χ3v) is 2.66. The Hall–Kier alpha value is -1.07. The molecule has 1 unspecified atom stereocenters. The van der Waals surface area contributed by atoms with Gasteiger partial charge < -0.3 is 16.2 Å². The molecule has 0 bridgehead atoms. The monoisotopic (exact) mass is 272 g/mol. The zero-order valence-corrected chi connectivity index (χ0v) is 9.91. The number of phenols is 1. The molecule has 1 aromatic rings. The Labute approximate surface area is 96.6 Å². The van der Waals surface area contributed by atoms with Gasteiger partial charge in [0.2, 0.25) is 5.91 Å². The number of carbonyl (C=O) groups is 1. The maximum atomic E-state index is 11.4. The lowest BCUT2D eigenvalue weighted by Gasteiger charge is -2.11. The molecule has 0 saturated carbocycles. The summed E-state index contributed by atoms with van der Waals surface area (Å²) in [7, 11) is 0. The second-order valence-corrected chi connectivity index (χ2v) is 3.99. The number of phenolic OH excluding ortho intramolecular Hbond substituents is 1. The molecule has 15 heavy (non-hydrogen) atoms. The topological polar surface area (TPSA) is 75.4 Å². The highest BCUT2D eigenvalue weighted by Crippen LogP contribution is 2.31. The molecule has 0 radical (unpaired) electrons. The number of para-hydroxylation sites is 1. The van der Waals surface area contributed by atoms with E-state index in [1.165, 1.54) is 0 Å². The quantitative estimate of drug-likeness (QED) is 0.735. The summed E-state index contributed by atoms with van der Waals surface area (Å²) >= 11 is 3.16. The lowest BCUT2D eigenvalue weighted by molar-refractivity contribution is -0.117. The number of hydrogen-bond acceptors (Lipinski definition) is 3. The third-order valence-electron chi connectivity index (χ3n) is 2.02. The first-order valence-corrected chi connectivity index (χ1v) is 5.39. The fraction of sp³-hybridized carbons (Fsp3) is 0.300. The van der Waals surface area contributed by atoms with Crippen LogP contribution in [-0.2, 0) is 4.79 Å². The first kappa shape index (κ1) is 12.0. The molecule has 0 aliphatic carbocycles. The van der Waals surface area contributed by atoms with Crippen LogP contribution in [0.25, 0.3) is 0 Å². The minimum absolute atomic E-state index is 0.00848. The van der Waals surface area contributed by atoms with Gasteiger partial charge in [0.15, 0.2) is 5.75 Å². The number of benzene rings is 1. The summed E-state index contributed by atoms with van der Waals surface area (Å²) < 4.78 is 0.533. The van der Waals surface area contributed by atoms with Crippen LogP contribution < -0.4 is 11.1 Å². The zero-order valence-electron chi connectivity index (χ0n) is 8.33. The van der Waals surface area contributed by atoms with Gasteiger partial charge in [0.1, 0.15) is 0 Å². The van der Waals surface area contributed by atoms with Crippen molar-refractivity contribution in [3.63, 3.8) is 0 Å². The number of halogens is 1. The average molecular weight is 273 g/mol. The maximum Gasteiger partial charge on any atom is 0.241 e. The molecule has 0 fully saturated rings. The molecule has 1 atom stereocenters. The van der Waals surface area contributed by atoms with Crippen LogP contribution >= 0.6 is 15.9 Å².